The van der Waals surface area contributed by atoms with Gasteiger partial charge in [-0.2, -0.15) is 0 Å². The highest BCUT2D eigenvalue weighted by Gasteiger charge is 2.33. The fraction of sp³-hybridized carbons (Fsp3) is 0.556. The van der Waals surface area contributed by atoms with Crippen molar-refractivity contribution in [3.05, 3.63) is 24.0 Å². The highest BCUT2D eigenvalue weighted by atomic mass is 19.1. The largest absolute Gasteiger partial charge is 0.488 e. The highest BCUT2D eigenvalue weighted by molar-refractivity contribution is 5.89. The van der Waals surface area contributed by atoms with Gasteiger partial charge < -0.3 is 25.2 Å². The molecule has 0 radical (unpaired) electrons. The van der Waals surface area contributed by atoms with Gasteiger partial charge in [0, 0.05) is 13.0 Å². The quantitative estimate of drug-likeness (QED) is 0.673. The van der Waals surface area contributed by atoms with Gasteiger partial charge in [-0.15, -0.1) is 0 Å². The van der Waals surface area contributed by atoms with Crippen molar-refractivity contribution in [2.75, 3.05) is 37.7 Å². The smallest absolute Gasteiger partial charge is 0.414 e. The summed E-state index contributed by atoms with van der Waals surface area (Å²) in [6.45, 7) is 3.19. The number of amides is 2. The number of aliphatic hydroxyl groups is 1. The van der Waals surface area contributed by atoms with Crippen LogP contribution in [0.25, 0.3) is 0 Å². The van der Waals surface area contributed by atoms with E-state index in [-0.39, 0.29) is 31.4 Å². The van der Waals surface area contributed by atoms with E-state index in [1.807, 2.05) is 0 Å². The maximum Gasteiger partial charge on any atom is 0.414 e. The summed E-state index contributed by atoms with van der Waals surface area (Å²) in [6.07, 6.45) is 0.00119. The summed E-state index contributed by atoms with van der Waals surface area (Å²) in [6, 6.07) is 4.19. The summed E-state index contributed by atoms with van der Waals surface area (Å²) in [4.78, 5) is 24.3. The molecule has 1 aromatic rings. The molecule has 2 saturated heterocycles. The van der Waals surface area contributed by atoms with Gasteiger partial charge in [-0.05, 0) is 38.1 Å². The Hall–Kier alpha value is -2.39. The SMILES string of the molecule is CC(=O)NC[C@H]1CN(c2ccc(OCC3(O)CCNCC3)c(F)c2)C(=O)O1. The molecule has 1 atom stereocenters. The van der Waals surface area contributed by atoms with Gasteiger partial charge in [-0.25, -0.2) is 9.18 Å². The number of nitrogens with zero attached hydrogens (tertiary/aromatic N) is 1. The standard InChI is InChI=1S/C18H24FN3O5/c1-12(23)21-9-14-10-22(17(24)27-14)13-2-3-16(15(19)8-13)26-11-18(25)4-6-20-7-5-18/h2-3,8,14,20,25H,4-7,9-11H2,1H3,(H,21,23)/t14-/m0/s1. The van der Waals surface area contributed by atoms with Crippen molar-refractivity contribution in [2.45, 2.75) is 31.5 Å². The fourth-order valence-corrected chi connectivity index (χ4v) is 3.12. The Morgan fingerprint density at radius 2 is 2.22 bits per heavy atom. The average Bonchev–Trinajstić information content (AvgIpc) is 3.00. The maximum absolute atomic E-state index is 14.4. The van der Waals surface area contributed by atoms with Crippen LogP contribution in [-0.4, -0.2) is 61.6 Å². The Balaban J connectivity index is 1.61. The number of anilines is 1. The molecular formula is C18H24FN3O5. The molecule has 2 aliphatic heterocycles. The van der Waals surface area contributed by atoms with Crippen LogP contribution in [0, 0.1) is 5.82 Å². The molecule has 0 aliphatic carbocycles. The van der Waals surface area contributed by atoms with Crippen molar-refractivity contribution in [3.8, 4) is 5.75 Å². The third-order valence-electron chi connectivity index (χ3n) is 4.71. The molecule has 2 amide bonds. The van der Waals surface area contributed by atoms with Crippen molar-refractivity contribution in [1.82, 2.24) is 10.6 Å². The highest BCUT2D eigenvalue weighted by Crippen LogP contribution is 2.28. The number of rotatable bonds is 6. The van der Waals surface area contributed by atoms with Crippen LogP contribution in [0.2, 0.25) is 0 Å². The first-order chi connectivity index (χ1) is 12.9. The first-order valence-electron chi connectivity index (χ1n) is 8.94. The molecule has 2 fully saturated rings. The lowest BCUT2D eigenvalue weighted by Crippen LogP contribution is -2.46. The second-order valence-electron chi connectivity index (χ2n) is 6.93. The molecule has 3 rings (SSSR count). The summed E-state index contributed by atoms with van der Waals surface area (Å²) in [7, 11) is 0. The summed E-state index contributed by atoms with van der Waals surface area (Å²) in [5.41, 5.74) is -0.623. The number of hydrogen-bond acceptors (Lipinski definition) is 6. The predicted octanol–water partition coefficient (Wildman–Crippen LogP) is 0.780. The van der Waals surface area contributed by atoms with Crippen LogP contribution in [0.4, 0.5) is 14.9 Å². The number of carbonyl (C=O) groups is 2. The Morgan fingerprint density at radius 3 is 2.89 bits per heavy atom. The van der Waals surface area contributed by atoms with Gasteiger partial charge in [-0.1, -0.05) is 0 Å². The summed E-state index contributed by atoms with van der Waals surface area (Å²) in [5, 5.41) is 16.2. The minimum absolute atomic E-state index is 0.00942. The zero-order chi connectivity index (χ0) is 19.4. The minimum atomic E-state index is -0.966. The number of cyclic esters (lactones) is 1. The Labute approximate surface area is 156 Å². The van der Waals surface area contributed by atoms with Crippen molar-refractivity contribution < 1.29 is 28.6 Å². The number of hydrogen-bond donors (Lipinski definition) is 3. The normalized spacial score (nSPS) is 21.7. The molecule has 0 saturated carbocycles. The Morgan fingerprint density at radius 1 is 1.48 bits per heavy atom. The second-order valence-corrected chi connectivity index (χ2v) is 6.93. The first-order valence-corrected chi connectivity index (χ1v) is 8.94. The van der Waals surface area contributed by atoms with Gasteiger partial charge in [0.25, 0.3) is 0 Å². The number of carbonyl (C=O) groups excluding carboxylic acids is 2. The van der Waals surface area contributed by atoms with Crippen LogP contribution < -0.4 is 20.3 Å². The Bertz CT molecular complexity index is 708. The van der Waals surface area contributed by atoms with Crippen LogP contribution in [0.3, 0.4) is 0 Å². The predicted molar refractivity (Wildman–Crippen MR) is 95.2 cm³/mol. The van der Waals surface area contributed by atoms with Gasteiger partial charge in [0.05, 0.1) is 18.8 Å². The second kappa shape index (κ2) is 8.10. The summed E-state index contributed by atoms with van der Waals surface area (Å²) < 4.78 is 25.0. The van der Waals surface area contributed by atoms with Crippen molar-refractivity contribution >= 4 is 17.7 Å². The zero-order valence-corrected chi connectivity index (χ0v) is 15.2. The molecule has 1 aromatic carbocycles. The van der Waals surface area contributed by atoms with Gasteiger partial charge >= 0.3 is 6.09 Å². The number of piperidine rings is 1. The molecule has 8 nitrogen and oxygen atoms in total. The molecule has 2 aliphatic rings. The lowest BCUT2D eigenvalue weighted by atomic mass is 9.93. The molecule has 0 aromatic heterocycles. The van der Waals surface area contributed by atoms with E-state index >= 15 is 0 Å². The molecule has 0 unspecified atom stereocenters. The van der Waals surface area contributed by atoms with E-state index in [1.54, 1.807) is 6.07 Å². The Kier molecular flexibility index (Phi) is 5.81. The fourth-order valence-electron chi connectivity index (χ4n) is 3.12. The molecule has 27 heavy (non-hydrogen) atoms. The van der Waals surface area contributed by atoms with Crippen LogP contribution in [-0.2, 0) is 9.53 Å². The first kappa shape index (κ1) is 19.4. The van der Waals surface area contributed by atoms with Gasteiger partial charge in [-0.3, -0.25) is 9.69 Å². The molecular weight excluding hydrogens is 357 g/mol. The van der Waals surface area contributed by atoms with E-state index in [0.29, 0.717) is 31.6 Å². The van der Waals surface area contributed by atoms with E-state index in [1.165, 1.54) is 24.0 Å². The lowest BCUT2D eigenvalue weighted by molar-refractivity contribution is -0.119. The third-order valence-corrected chi connectivity index (χ3v) is 4.71. The van der Waals surface area contributed by atoms with E-state index in [0.717, 1.165) is 0 Å². The lowest BCUT2D eigenvalue weighted by Gasteiger charge is -2.32. The molecule has 9 heteroatoms. The minimum Gasteiger partial charge on any atom is -0.488 e. The van der Waals surface area contributed by atoms with Gasteiger partial charge in [0.15, 0.2) is 11.6 Å². The molecule has 0 spiro atoms. The maximum atomic E-state index is 14.4. The number of halogens is 1. The van der Waals surface area contributed by atoms with Crippen LogP contribution in [0.5, 0.6) is 5.75 Å². The molecule has 3 N–H and O–H groups in total. The van der Waals surface area contributed by atoms with Crippen LogP contribution in [0.15, 0.2) is 18.2 Å². The zero-order valence-electron chi connectivity index (χ0n) is 15.2. The number of benzene rings is 1. The van der Waals surface area contributed by atoms with Crippen molar-refractivity contribution in [2.24, 2.45) is 0 Å². The third kappa shape index (κ3) is 4.86. The van der Waals surface area contributed by atoms with Crippen molar-refractivity contribution in [3.63, 3.8) is 0 Å². The number of nitrogens with one attached hydrogen (secondary N) is 2. The topological polar surface area (TPSA) is 100 Å². The molecule has 0 bridgehead atoms. The number of ether oxygens (including phenoxy) is 2. The summed E-state index contributed by atoms with van der Waals surface area (Å²) in [5.74, 6) is -0.816. The summed E-state index contributed by atoms with van der Waals surface area (Å²) >= 11 is 0. The molecule has 148 valence electrons. The average molecular weight is 381 g/mol. The van der Waals surface area contributed by atoms with Crippen LogP contribution in [0.1, 0.15) is 19.8 Å². The van der Waals surface area contributed by atoms with Crippen LogP contribution >= 0.6 is 0 Å². The van der Waals surface area contributed by atoms with E-state index in [2.05, 4.69) is 10.6 Å². The van der Waals surface area contributed by atoms with Gasteiger partial charge in [0.1, 0.15) is 18.3 Å². The van der Waals surface area contributed by atoms with E-state index < -0.39 is 23.6 Å². The van der Waals surface area contributed by atoms with Gasteiger partial charge in [0.2, 0.25) is 5.91 Å². The molecule has 2 heterocycles. The monoisotopic (exact) mass is 381 g/mol. The van der Waals surface area contributed by atoms with E-state index in [4.69, 9.17) is 9.47 Å². The van der Waals surface area contributed by atoms with E-state index in [9.17, 15) is 19.1 Å². The van der Waals surface area contributed by atoms with Crippen molar-refractivity contribution in [1.29, 1.82) is 0 Å².